The van der Waals surface area contributed by atoms with Gasteiger partial charge in [0.15, 0.2) is 0 Å². The minimum absolute atomic E-state index is 0.0731. The summed E-state index contributed by atoms with van der Waals surface area (Å²) in [6, 6.07) is 6.43. The van der Waals surface area contributed by atoms with Gasteiger partial charge >= 0.3 is 0 Å². The van der Waals surface area contributed by atoms with Crippen molar-refractivity contribution >= 4 is 5.69 Å². The van der Waals surface area contributed by atoms with Crippen LogP contribution in [0.2, 0.25) is 0 Å². The molecule has 0 saturated heterocycles. The Balaban J connectivity index is 2.21. The highest BCUT2D eigenvalue weighted by molar-refractivity contribution is 5.56. The lowest BCUT2D eigenvalue weighted by molar-refractivity contribution is 0.574. The van der Waals surface area contributed by atoms with E-state index in [-0.39, 0.29) is 5.82 Å². The smallest absolute Gasteiger partial charge is 0.146 e. The molecule has 1 aliphatic carbocycles. The predicted octanol–water partition coefficient (Wildman–Crippen LogP) is 4.09. The quantitative estimate of drug-likeness (QED) is 0.770. The SMILES string of the molecule is CCCCN(c1c(F)cccc1CNC(C)C)C1CC1. The Hall–Kier alpha value is -1.09. The van der Waals surface area contributed by atoms with E-state index in [1.165, 1.54) is 12.8 Å². The first-order chi connectivity index (χ1) is 9.63. The first-order valence-electron chi connectivity index (χ1n) is 7.91. The Bertz CT molecular complexity index is 427. The van der Waals surface area contributed by atoms with Gasteiger partial charge in [-0.1, -0.05) is 39.3 Å². The fourth-order valence-corrected chi connectivity index (χ4v) is 2.53. The van der Waals surface area contributed by atoms with Crippen LogP contribution >= 0.6 is 0 Å². The van der Waals surface area contributed by atoms with E-state index in [0.717, 1.165) is 37.2 Å². The molecule has 1 aliphatic rings. The van der Waals surface area contributed by atoms with Crippen molar-refractivity contribution < 1.29 is 4.39 Å². The average Bonchev–Trinajstić information content (AvgIpc) is 3.23. The molecule has 0 bridgehead atoms. The second-order valence-corrected chi connectivity index (χ2v) is 6.06. The summed E-state index contributed by atoms with van der Waals surface area (Å²) >= 11 is 0. The van der Waals surface area contributed by atoms with E-state index < -0.39 is 0 Å². The van der Waals surface area contributed by atoms with Crippen molar-refractivity contribution in [2.75, 3.05) is 11.4 Å². The Morgan fingerprint density at radius 3 is 2.70 bits per heavy atom. The Labute approximate surface area is 122 Å². The summed E-state index contributed by atoms with van der Waals surface area (Å²) in [7, 11) is 0. The zero-order valence-electron chi connectivity index (χ0n) is 13.0. The summed E-state index contributed by atoms with van der Waals surface area (Å²) < 4.78 is 14.4. The molecule has 0 aliphatic heterocycles. The largest absolute Gasteiger partial charge is 0.366 e. The van der Waals surface area contributed by atoms with Gasteiger partial charge in [-0.3, -0.25) is 0 Å². The maximum absolute atomic E-state index is 14.4. The van der Waals surface area contributed by atoms with E-state index >= 15 is 0 Å². The van der Waals surface area contributed by atoms with Crippen molar-refractivity contribution in [3.8, 4) is 0 Å². The number of para-hydroxylation sites is 1. The molecule has 3 heteroatoms. The Morgan fingerprint density at radius 1 is 1.35 bits per heavy atom. The zero-order chi connectivity index (χ0) is 14.5. The lowest BCUT2D eigenvalue weighted by Gasteiger charge is -2.28. The van der Waals surface area contributed by atoms with Gasteiger partial charge in [0.1, 0.15) is 5.82 Å². The number of unbranched alkanes of at least 4 members (excludes halogenated alkanes) is 1. The van der Waals surface area contributed by atoms with E-state index in [1.807, 2.05) is 6.07 Å². The van der Waals surface area contributed by atoms with E-state index in [2.05, 4.69) is 37.1 Å². The molecule has 0 aromatic heterocycles. The van der Waals surface area contributed by atoms with Crippen molar-refractivity contribution in [2.24, 2.45) is 0 Å². The second-order valence-electron chi connectivity index (χ2n) is 6.06. The standard InChI is InChI=1S/C17H27FN2/c1-4-5-11-20(15-9-10-15)17-14(12-19-13(2)3)7-6-8-16(17)18/h6-8,13,15,19H,4-5,9-12H2,1-3H3. The molecular formula is C17H27FN2. The van der Waals surface area contributed by atoms with Crippen LogP contribution in [0, 0.1) is 5.82 Å². The van der Waals surface area contributed by atoms with Crippen LogP contribution in [-0.2, 0) is 6.54 Å². The van der Waals surface area contributed by atoms with E-state index in [9.17, 15) is 4.39 Å². The predicted molar refractivity (Wildman–Crippen MR) is 83.7 cm³/mol. The summed E-state index contributed by atoms with van der Waals surface area (Å²) in [6.45, 7) is 8.13. The maximum atomic E-state index is 14.4. The van der Waals surface area contributed by atoms with Crippen molar-refractivity contribution in [1.29, 1.82) is 0 Å². The topological polar surface area (TPSA) is 15.3 Å². The maximum Gasteiger partial charge on any atom is 0.146 e. The van der Waals surface area contributed by atoms with Gasteiger partial charge in [-0.2, -0.15) is 0 Å². The molecule has 1 fully saturated rings. The highest BCUT2D eigenvalue weighted by atomic mass is 19.1. The van der Waals surface area contributed by atoms with Crippen LogP contribution in [0.3, 0.4) is 0 Å². The van der Waals surface area contributed by atoms with Crippen LogP contribution in [0.1, 0.15) is 52.0 Å². The van der Waals surface area contributed by atoms with E-state index in [1.54, 1.807) is 6.07 Å². The van der Waals surface area contributed by atoms with Gasteiger partial charge < -0.3 is 10.2 Å². The minimum Gasteiger partial charge on any atom is -0.366 e. The molecular weight excluding hydrogens is 251 g/mol. The normalized spacial score (nSPS) is 14.8. The van der Waals surface area contributed by atoms with Crippen molar-refractivity contribution in [1.82, 2.24) is 5.32 Å². The molecule has 1 aromatic carbocycles. The van der Waals surface area contributed by atoms with Crippen molar-refractivity contribution in [2.45, 2.75) is 65.1 Å². The van der Waals surface area contributed by atoms with Crippen LogP contribution in [0.25, 0.3) is 0 Å². The third kappa shape index (κ3) is 3.95. The van der Waals surface area contributed by atoms with Gasteiger partial charge in [0.25, 0.3) is 0 Å². The van der Waals surface area contributed by atoms with Gasteiger partial charge in [0, 0.05) is 25.2 Å². The molecule has 0 radical (unpaired) electrons. The molecule has 112 valence electrons. The Morgan fingerprint density at radius 2 is 2.10 bits per heavy atom. The molecule has 0 spiro atoms. The summed E-state index contributed by atoms with van der Waals surface area (Å²) in [5, 5.41) is 3.41. The van der Waals surface area contributed by atoms with Crippen molar-refractivity contribution in [3.63, 3.8) is 0 Å². The number of nitrogens with one attached hydrogen (secondary N) is 1. The highest BCUT2D eigenvalue weighted by Gasteiger charge is 2.31. The number of anilines is 1. The first-order valence-corrected chi connectivity index (χ1v) is 7.91. The number of benzene rings is 1. The third-order valence-electron chi connectivity index (χ3n) is 3.80. The van der Waals surface area contributed by atoms with Crippen LogP contribution in [0.4, 0.5) is 10.1 Å². The number of hydrogen-bond donors (Lipinski definition) is 1. The van der Waals surface area contributed by atoms with Gasteiger partial charge in [-0.05, 0) is 30.9 Å². The number of halogens is 1. The fraction of sp³-hybridized carbons (Fsp3) is 0.647. The zero-order valence-corrected chi connectivity index (χ0v) is 13.0. The highest BCUT2D eigenvalue weighted by Crippen LogP contribution is 2.35. The number of rotatable bonds is 8. The third-order valence-corrected chi connectivity index (χ3v) is 3.80. The molecule has 1 aromatic rings. The molecule has 1 saturated carbocycles. The Kier molecular flexibility index (Phi) is 5.41. The van der Waals surface area contributed by atoms with Gasteiger partial charge in [-0.25, -0.2) is 4.39 Å². The molecule has 0 unspecified atom stereocenters. The molecule has 20 heavy (non-hydrogen) atoms. The van der Waals surface area contributed by atoms with Crippen LogP contribution in [-0.4, -0.2) is 18.6 Å². The average molecular weight is 278 g/mol. The first kappa shape index (κ1) is 15.3. The number of nitrogens with zero attached hydrogens (tertiary/aromatic N) is 1. The molecule has 0 atom stereocenters. The molecule has 1 N–H and O–H groups in total. The molecule has 2 rings (SSSR count). The minimum atomic E-state index is -0.0731. The molecule has 0 amide bonds. The fourth-order valence-electron chi connectivity index (χ4n) is 2.53. The monoisotopic (exact) mass is 278 g/mol. The summed E-state index contributed by atoms with van der Waals surface area (Å²) in [6.07, 6.45) is 4.68. The van der Waals surface area contributed by atoms with Crippen LogP contribution < -0.4 is 10.2 Å². The van der Waals surface area contributed by atoms with E-state index in [4.69, 9.17) is 0 Å². The lowest BCUT2D eigenvalue weighted by Crippen LogP contribution is -2.30. The van der Waals surface area contributed by atoms with Gasteiger partial charge in [0.05, 0.1) is 5.69 Å². The van der Waals surface area contributed by atoms with E-state index in [0.29, 0.717) is 12.1 Å². The van der Waals surface area contributed by atoms with Crippen LogP contribution in [0.15, 0.2) is 18.2 Å². The summed E-state index contributed by atoms with van der Waals surface area (Å²) in [5.41, 5.74) is 1.92. The van der Waals surface area contributed by atoms with Gasteiger partial charge in [-0.15, -0.1) is 0 Å². The lowest BCUT2D eigenvalue weighted by atomic mass is 10.1. The summed E-state index contributed by atoms with van der Waals surface area (Å²) in [4.78, 5) is 2.30. The molecule has 2 nitrogen and oxygen atoms in total. The number of hydrogen-bond acceptors (Lipinski definition) is 2. The van der Waals surface area contributed by atoms with Gasteiger partial charge in [0.2, 0.25) is 0 Å². The summed E-state index contributed by atoms with van der Waals surface area (Å²) in [5.74, 6) is -0.0731. The molecule has 0 heterocycles. The van der Waals surface area contributed by atoms with Crippen LogP contribution in [0.5, 0.6) is 0 Å². The second kappa shape index (κ2) is 7.07. The van der Waals surface area contributed by atoms with Crippen molar-refractivity contribution in [3.05, 3.63) is 29.6 Å².